The van der Waals surface area contributed by atoms with Crippen molar-refractivity contribution in [3.63, 3.8) is 0 Å². The van der Waals surface area contributed by atoms with Gasteiger partial charge in [0.05, 0.1) is 7.11 Å². The third-order valence-corrected chi connectivity index (χ3v) is 1.26. The van der Waals surface area contributed by atoms with Crippen LogP contribution < -0.4 is 0 Å². The second-order valence-electron chi connectivity index (χ2n) is 1.62. The van der Waals surface area contributed by atoms with Gasteiger partial charge in [0.25, 0.3) is 6.42 Å². The van der Waals surface area contributed by atoms with Crippen LogP contribution in [0, 0.1) is 0 Å². The fourth-order valence-corrected chi connectivity index (χ4v) is 0.669. The first kappa shape index (κ1) is 8.19. The van der Waals surface area contributed by atoms with Crippen LogP contribution in [0.25, 0.3) is 0 Å². The molecule has 0 bridgehead atoms. The van der Waals surface area contributed by atoms with Crippen molar-refractivity contribution in [1.82, 2.24) is 4.42 Å². The molecule has 62 valence electrons. The first-order chi connectivity index (χ1) is 5.15. The molecule has 1 heterocycles. The minimum Gasteiger partial charge on any atom is -0.467 e. The SMILES string of the molecule is COC1=NC(F)=NC(F)N1Cl. The van der Waals surface area contributed by atoms with Crippen molar-refractivity contribution in [3.8, 4) is 0 Å². The molecule has 1 rings (SSSR count). The van der Waals surface area contributed by atoms with E-state index in [1.54, 1.807) is 0 Å². The molecule has 0 radical (unpaired) electrons. The Morgan fingerprint density at radius 2 is 2.36 bits per heavy atom. The molecule has 0 fully saturated rings. The van der Waals surface area contributed by atoms with Gasteiger partial charge in [-0.05, 0) is 0 Å². The van der Waals surface area contributed by atoms with E-state index in [-0.39, 0.29) is 6.02 Å². The largest absolute Gasteiger partial charge is 0.467 e. The monoisotopic (exact) mass is 183 g/mol. The van der Waals surface area contributed by atoms with Crippen LogP contribution in [-0.4, -0.2) is 30.1 Å². The number of rotatable bonds is 0. The second kappa shape index (κ2) is 3.00. The number of hydrogen-bond donors (Lipinski definition) is 0. The molecule has 0 amide bonds. The number of methoxy groups -OCH3 is 1. The molecule has 0 aliphatic carbocycles. The van der Waals surface area contributed by atoms with Gasteiger partial charge in [-0.2, -0.15) is 18.2 Å². The minimum atomic E-state index is -1.98. The zero-order valence-electron chi connectivity index (χ0n) is 5.46. The molecule has 1 aliphatic heterocycles. The first-order valence-corrected chi connectivity index (χ1v) is 2.94. The first-order valence-electron chi connectivity index (χ1n) is 2.60. The van der Waals surface area contributed by atoms with E-state index in [0.29, 0.717) is 4.42 Å². The number of ether oxygens (including phenoxy) is 1. The molecule has 11 heavy (non-hydrogen) atoms. The van der Waals surface area contributed by atoms with E-state index in [1.807, 2.05) is 0 Å². The molecule has 0 aromatic heterocycles. The summed E-state index contributed by atoms with van der Waals surface area (Å²) in [7, 11) is 1.19. The molecular formula is C4H4ClF2N3O. The molecule has 7 heteroatoms. The van der Waals surface area contributed by atoms with Gasteiger partial charge in [-0.15, -0.1) is 4.99 Å². The Hall–Kier alpha value is -0.910. The number of alkyl halides is 1. The Balaban J connectivity index is 2.84. The summed E-state index contributed by atoms with van der Waals surface area (Å²) < 4.78 is 29.5. The van der Waals surface area contributed by atoms with Crippen molar-refractivity contribution in [2.75, 3.05) is 7.11 Å². The third kappa shape index (κ3) is 1.56. The molecule has 0 aromatic rings. The van der Waals surface area contributed by atoms with Crippen molar-refractivity contribution < 1.29 is 13.5 Å². The Labute approximate surface area is 66.2 Å². The van der Waals surface area contributed by atoms with Gasteiger partial charge in [0.15, 0.2) is 0 Å². The number of hydrogen-bond acceptors (Lipinski definition) is 4. The van der Waals surface area contributed by atoms with Gasteiger partial charge >= 0.3 is 12.1 Å². The Morgan fingerprint density at radius 1 is 1.73 bits per heavy atom. The maximum atomic E-state index is 12.5. The van der Waals surface area contributed by atoms with E-state index in [2.05, 4.69) is 14.7 Å². The van der Waals surface area contributed by atoms with E-state index in [1.165, 1.54) is 7.11 Å². The number of amidine groups is 2. The summed E-state index contributed by atoms with van der Waals surface area (Å²) >= 11 is 5.23. The fraction of sp³-hybridized carbons (Fsp3) is 0.500. The van der Waals surface area contributed by atoms with Crippen molar-refractivity contribution in [2.45, 2.75) is 6.42 Å². The van der Waals surface area contributed by atoms with Crippen molar-refractivity contribution in [2.24, 2.45) is 9.98 Å². The van der Waals surface area contributed by atoms with E-state index >= 15 is 0 Å². The van der Waals surface area contributed by atoms with E-state index in [4.69, 9.17) is 11.8 Å². The third-order valence-electron chi connectivity index (χ3n) is 0.953. The van der Waals surface area contributed by atoms with Crippen LogP contribution in [0.4, 0.5) is 8.78 Å². The normalized spacial score (nSPS) is 24.4. The summed E-state index contributed by atoms with van der Waals surface area (Å²) in [5.74, 6) is 0. The van der Waals surface area contributed by atoms with E-state index in [9.17, 15) is 8.78 Å². The summed E-state index contributed by atoms with van der Waals surface area (Å²) in [4.78, 5) is 5.84. The topological polar surface area (TPSA) is 37.2 Å². The molecule has 0 spiro atoms. The summed E-state index contributed by atoms with van der Waals surface area (Å²) in [6.07, 6.45) is -3.17. The van der Waals surface area contributed by atoms with Crippen LogP contribution in [-0.2, 0) is 4.74 Å². The van der Waals surface area contributed by atoms with Crippen LogP contribution in [0.3, 0.4) is 0 Å². The van der Waals surface area contributed by atoms with Crippen LogP contribution >= 0.6 is 11.8 Å². The highest BCUT2D eigenvalue weighted by Gasteiger charge is 2.25. The van der Waals surface area contributed by atoms with Crippen LogP contribution in [0.1, 0.15) is 0 Å². The maximum Gasteiger partial charge on any atom is 0.315 e. The second-order valence-corrected chi connectivity index (χ2v) is 1.98. The van der Waals surface area contributed by atoms with Crippen molar-refractivity contribution in [3.05, 3.63) is 0 Å². The molecule has 1 unspecified atom stereocenters. The van der Waals surface area contributed by atoms with Crippen LogP contribution in [0.5, 0.6) is 0 Å². The van der Waals surface area contributed by atoms with Crippen molar-refractivity contribution in [1.29, 1.82) is 0 Å². The van der Waals surface area contributed by atoms with E-state index in [0.717, 1.165) is 0 Å². The van der Waals surface area contributed by atoms with Crippen molar-refractivity contribution >= 4 is 23.9 Å². The smallest absolute Gasteiger partial charge is 0.315 e. The molecular weight excluding hydrogens is 180 g/mol. The average molecular weight is 184 g/mol. The summed E-state index contributed by atoms with van der Waals surface area (Å²) in [6.45, 7) is 0. The molecule has 1 aliphatic rings. The minimum absolute atomic E-state index is 0.355. The van der Waals surface area contributed by atoms with E-state index < -0.39 is 12.5 Å². The van der Waals surface area contributed by atoms with Crippen LogP contribution in [0.2, 0.25) is 0 Å². The molecule has 0 saturated heterocycles. The maximum absolute atomic E-state index is 12.5. The highest BCUT2D eigenvalue weighted by atomic mass is 35.5. The Morgan fingerprint density at radius 3 is 2.91 bits per heavy atom. The molecule has 1 atom stereocenters. The zero-order valence-corrected chi connectivity index (χ0v) is 6.22. The molecule has 0 aromatic carbocycles. The quantitative estimate of drug-likeness (QED) is 0.416. The number of halogens is 3. The molecule has 0 saturated carbocycles. The fourth-order valence-electron chi connectivity index (χ4n) is 0.518. The summed E-state index contributed by atoms with van der Waals surface area (Å²) in [5.41, 5.74) is 0. The van der Waals surface area contributed by atoms with Crippen LogP contribution in [0.15, 0.2) is 9.98 Å². The number of nitrogens with zero attached hydrogens (tertiary/aromatic N) is 3. The lowest BCUT2D eigenvalue weighted by atomic mass is 10.8. The Bertz CT molecular complexity index is 219. The highest BCUT2D eigenvalue weighted by Crippen LogP contribution is 2.14. The van der Waals surface area contributed by atoms with Gasteiger partial charge < -0.3 is 4.74 Å². The highest BCUT2D eigenvalue weighted by molar-refractivity contribution is 6.22. The molecule has 0 N–H and O–H groups in total. The van der Waals surface area contributed by atoms with Gasteiger partial charge in [0.1, 0.15) is 0 Å². The summed E-state index contributed by atoms with van der Waals surface area (Å²) in [5, 5.41) is 0. The standard InChI is InChI=1S/C4H4ClF2N3O/c1-11-4-9-2(6)8-3(7)10(4)5/h3H,1H3. The lowest BCUT2D eigenvalue weighted by molar-refractivity contribution is 0.198. The van der Waals surface area contributed by atoms with Gasteiger partial charge in [-0.3, -0.25) is 0 Å². The zero-order chi connectivity index (χ0) is 8.43. The van der Waals surface area contributed by atoms with Gasteiger partial charge in [0.2, 0.25) is 0 Å². The summed E-state index contributed by atoms with van der Waals surface area (Å²) in [6, 6.07) is -0.355. The lowest BCUT2D eigenvalue weighted by Gasteiger charge is -2.19. The lowest BCUT2D eigenvalue weighted by Crippen LogP contribution is -2.33. The van der Waals surface area contributed by atoms with Gasteiger partial charge in [-0.1, -0.05) is 0 Å². The molecule has 4 nitrogen and oxygen atoms in total. The van der Waals surface area contributed by atoms with Gasteiger partial charge in [0, 0.05) is 11.8 Å². The Kier molecular flexibility index (Phi) is 2.23. The van der Waals surface area contributed by atoms with Gasteiger partial charge in [-0.25, -0.2) is 0 Å². The predicted molar refractivity (Wildman–Crippen MR) is 35.6 cm³/mol. The average Bonchev–Trinajstić information content (AvgIpc) is 1.96. The number of aliphatic imine (C=N–C) groups is 2. The predicted octanol–water partition coefficient (Wildman–Crippen LogP) is 1.04.